The van der Waals surface area contributed by atoms with Crippen LogP contribution in [0.15, 0.2) is 29.1 Å². The minimum Gasteiger partial charge on any atom is -0.465 e. The number of para-hydroxylation sites is 1. The fraction of sp³-hybridized carbons (Fsp3) is 0.286. The molecule has 0 unspecified atom stereocenters. The molecule has 2 aromatic rings. The van der Waals surface area contributed by atoms with Crippen LogP contribution in [0.25, 0.3) is 10.9 Å². The van der Waals surface area contributed by atoms with Crippen LogP contribution >= 0.6 is 0 Å². The molecule has 0 aliphatic heterocycles. The van der Waals surface area contributed by atoms with Crippen molar-refractivity contribution < 1.29 is 9.53 Å². The van der Waals surface area contributed by atoms with Crippen molar-refractivity contribution >= 4 is 16.9 Å². The SMILES string of the molecule is COC(=O)c1c(C(C)C)c2ccccc2[nH]c1=O. The average Bonchev–Trinajstić information content (AvgIpc) is 2.35. The van der Waals surface area contributed by atoms with Crippen molar-refractivity contribution in [1.29, 1.82) is 0 Å². The van der Waals surface area contributed by atoms with Crippen LogP contribution in [0.4, 0.5) is 0 Å². The first kappa shape index (κ1) is 12.4. The number of carbonyl (C=O) groups is 1. The number of methoxy groups -OCH3 is 1. The van der Waals surface area contributed by atoms with Crippen molar-refractivity contribution in [2.45, 2.75) is 19.8 Å². The lowest BCUT2D eigenvalue weighted by atomic mass is 9.94. The van der Waals surface area contributed by atoms with Crippen LogP contribution in [0, 0.1) is 0 Å². The van der Waals surface area contributed by atoms with Gasteiger partial charge in [0, 0.05) is 10.9 Å². The van der Waals surface area contributed by atoms with E-state index in [1.807, 2.05) is 38.1 Å². The molecule has 0 amide bonds. The average molecular weight is 245 g/mol. The smallest absolute Gasteiger partial charge is 0.343 e. The van der Waals surface area contributed by atoms with E-state index < -0.39 is 11.5 Å². The monoisotopic (exact) mass is 245 g/mol. The van der Waals surface area contributed by atoms with Crippen molar-refractivity contribution in [3.63, 3.8) is 0 Å². The summed E-state index contributed by atoms with van der Waals surface area (Å²) < 4.78 is 4.70. The Labute approximate surface area is 105 Å². The molecule has 0 fully saturated rings. The zero-order valence-corrected chi connectivity index (χ0v) is 10.6. The van der Waals surface area contributed by atoms with Gasteiger partial charge in [0.2, 0.25) is 0 Å². The van der Waals surface area contributed by atoms with E-state index in [0.717, 1.165) is 16.5 Å². The lowest BCUT2D eigenvalue weighted by Gasteiger charge is -2.13. The molecular formula is C14H15NO3. The summed E-state index contributed by atoms with van der Waals surface area (Å²) in [6, 6.07) is 7.45. The molecule has 0 spiro atoms. The number of ether oxygens (including phenoxy) is 1. The van der Waals surface area contributed by atoms with Crippen molar-refractivity contribution in [3.8, 4) is 0 Å². The molecule has 0 aliphatic rings. The van der Waals surface area contributed by atoms with Gasteiger partial charge >= 0.3 is 5.97 Å². The number of H-pyrrole nitrogens is 1. The van der Waals surface area contributed by atoms with Crippen LogP contribution in [0.2, 0.25) is 0 Å². The highest BCUT2D eigenvalue weighted by Gasteiger charge is 2.21. The summed E-state index contributed by atoms with van der Waals surface area (Å²) >= 11 is 0. The van der Waals surface area contributed by atoms with Crippen LogP contribution < -0.4 is 5.56 Å². The van der Waals surface area contributed by atoms with Crippen molar-refractivity contribution in [3.05, 3.63) is 45.7 Å². The zero-order chi connectivity index (χ0) is 13.3. The Hall–Kier alpha value is -2.10. The number of aromatic amines is 1. The number of carbonyl (C=O) groups excluding carboxylic acids is 1. The van der Waals surface area contributed by atoms with E-state index >= 15 is 0 Å². The second-order valence-electron chi connectivity index (χ2n) is 4.43. The van der Waals surface area contributed by atoms with Gasteiger partial charge in [-0.05, 0) is 17.5 Å². The first-order valence-corrected chi connectivity index (χ1v) is 5.79. The Balaban J connectivity index is 2.92. The maximum atomic E-state index is 12.0. The molecule has 94 valence electrons. The van der Waals surface area contributed by atoms with Crippen LogP contribution in [0.5, 0.6) is 0 Å². The van der Waals surface area contributed by atoms with E-state index in [9.17, 15) is 9.59 Å². The highest BCUT2D eigenvalue weighted by molar-refractivity contribution is 5.97. The molecule has 1 aromatic carbocycles. The quantitative estimate of drug-likeness (QED) is 0.827. The standard InChI is InChI=1S/C14H15NO3/c1-8(2)11-9-6-4-5-7-10(9)15-13(16)12(11)14(17)18-3/h4-8H,1-3H3,(H,15,16). The van der Waals surface area contributed by atoms with Crippen LogP contribution in [0.3, 0.4) is 0 Å². The fourth-order valence-corrected chi connectivity index (χ4v) is 2.17. The van der Waals surface area contributed by atoms with Crippen molar-refractivity contribution in [1.82, 2.24) is 4.98 Å². The third kappa shape index (κ3) is 1.90. The Morgan fingerprint density at radius 1 is 1.28 bits per heavy atom. The molecule has 0 bridgehead atoms. The van der Waals surface area contributed by atoms with E-state index in [1.165, 1.54) is 7.11 Å². The van der Waals surface area contributed by atoms with Crippen molar-refractivity contribution in [2.75, 3.05) is 7.11 Å². The summed E-state index contributed by atoms with van der Waals surface area (Å²) in [4.78, 5) is 26.5. The number of esters is 1. The molecule has 1 N–H and O–H groups in total. The largest absolute Gasteiger partial charge is 0.465 e. The lowest BCUT2D eigenvalue weighted by Crippen LogP contribution is -2.22. The summed E-state index contributed by atoms with van der Waals surface area (Å²) in [6.45, 7) is 3.90. The Bertz CT molecular complexity index is 656. The molecule has 4 nitrogen and oxygen atoms in total. The molecular weight excluding hydrogens is 230 g/mol. The van der Waals surface area contributed by atoms with Crippen LogP contribution in [-0.2, 0) is 4.74 Å². The van der Waals surface area contributed by atoms with E-state index in [-0.39, 0.29) is 11.5 Å². The predicted octanol–water partition coefficient (Wildman–Crippen LogP) is 2.44. The number of fused-ring (bicyclic) bond motifs is 1. The minimum absolute atomic E-state index is 0.0614. The molecule has 18 heavy (non-hydrogen) atoms. The molecule has 1 aromatic heterocycles. The first-order chi connectivity index (χ1) is 8.56. The zero-order valence-electron chi connectivity index (χ0n) is 10.6. The van der Waals surface area contributed by atoms with Gasteiger partial charge in [-0.25, -0.2) is 4.79 Å². The number of pyridine rings is 1. The number of hydrogen-bond acceptors (Lipinski definition) is 3. The van der Waals surface area contributed by atoms with E-state index in [4.69, 9.17) is 4.74 Å². The molecule has 0 atom stereocenters. The summed E-state index contributed by atoms with van der Waals surface area (Å²) in [5, 5.41) is 0.882. The van der Waals surface area contributed by atoms with Gasteiger partial charge in [0.1, 0.15) is 5.56 Å². The number of benzene rings is 1. The van der Waals surface area contributed by atoms with Gasteiger partial charge in [-0.3, -0.25) is 4.79 Å². The normalized spacial score (nSPS) is 10.9. The van der Waals surface area contributed by atoms with Crippen LogP contribution in [0.1, 0.15) is 35.7 Å². The molecule has 0 aliphatic carbocycles. The summed E-state index contributed by atoms with van der Waals surface area (Å²) in [5.41, 5.74) is 1.18. The minimum atomic E-state index is -0.592. The number of hydrogen-bond donors (Lipinski definition) is 1. The Morgan fingerprint density at radius 3 is 2.56 bits per heavy atom. The molecule has 0 radical (unpaired) electrons. The van der Waals surface area contributed by atoms with Gasteiger partial charge in [0.05, 0.1) is 7.11 Å². The topological polar surface area (TPSA) is 59.2 Å². The third-order valence-electron chi connectivity index (χ3n) is 2.93. The number of nitrogens with one attached hydrogen (secondary N) is 1. The maximum absolute atomic E-state index is 12.0. The van der Waals surface area contributed by atoms with Crippen LogP contribution in [-0.4, -0.2) is 18.1 Å². The highest BCUT2D eigenvalue weighted by Crippen LogP contribution is 2.25. The molecule has 2 rings (SSSR count). The van der Waals surface area contributed by atoms with Gasteiger partial charge < -0.3 is 9.72 Å². The second-order valence-corrected chi connectivity index (χ2v) is 4.43. The molecule has 0 saturated carbocycles. The molecule has 1 heterocycles. The maximum Gasteiger partial charge on any atom is 0.343 e. The van der Waals surface area contributed by atoms with Gasteiger partial charge in [0.15, 0.2) is 0 Å². The van der Waals surface area contributed by atoms with Crippen molar-refractivity contribution in [2.24, 2.45) is 0 Å². The van der Waals surface area contributed by atoms with E-state index in [0.29, 0.717) is 0 Å². The highest BCUT2D eigenvalue weighted by atomic mass is 16.5. The van der Waals surface area contributed by atoms with Gasteiger partial charge in [0.25, 0.3) is 5.56 Å². The number of aromatic nitrogens is 1. The Kier molecular flexibility index (Phi) is 3.19. The first-order valence-electron chi connectivity index (χ1n) is 5.79. The third-order valence-corrected chi connectivity index (χ3v) is 2.93. The van der Waals surface area contributed by atoms with E-state index in [1.54, 1.807) is 0 Å². The van der Waals surface area contributed by atoms with Gasteiger partial charge in [-0.2, -0.15) is 0 Å². The second kappa shape index (κ2) is 4.64. The summed E-state index contributed by atoms with van der Waals surface area (Å²) in [5.74, 6) is -0.531. The fourth-order valence-electron chi connectivity index (χ4n) is 2.17. The number of rotatable bonds is 2. The van der Waals surface area contributed by atoms with Gasteiger partial charge in [-0.15, -0.1) is 0 Å². The Morgan fingerprint density at radius 2 is 1.94 bits per heavy atom. The van der Waals surface area contributed by atoms with Gasteiger partial charge in [-0.1, -0.05) is 32.0 Å². The molecule has 0 saturated heterocycles. The predicted molar refractivity (Wildman–Crippen MR) is 70.0 cm³/mol. The molecule has 4 heteroatoms. The van der Waals surface area contributed by atoms with E-state index in [2.05, 4.69) is 4.98 Å². The lowest BCUT2D eigenvalue weighted by molar-refractivity contribution is 0.0597. The summed E-state index contributed by atoms with van der Waals surface area (Å²) in [6.07, 6.45) is 0. The summed E-state index contributed by atoms with van der Waals surface area (Å²) in [7, 11) is 1.28.